The number of unbranched alkanes of at least 4 members (excludes halogenated alkanes) is 2. The van der Waals surface area contributed by atoms with E-state index >= 15 is 0 Å². The van der Waals surface area contributed by atoms with Crippen LogP contribution < -0.4 is 17.0 Å². The third-order valence-corrected chi connectivity index (χ3v) is 3.79. The molecule has 0 saturated heterocycles. The second kappa shape index (κ2) is 8.83. The van der Waals surface area contributed by atoms with Gasteiger partial charge in [0.25, 0.3) is 5.82 Å². The van der Waals surface area contributed by atoms with Crippen molar-refractivity contribution >= 4 is 0 Å². The minimum atomic E-state index is 0. The van der Waals surface area contributed by atoms with Gasteiger partial charge in [0.05, 0.1) is 12.7 Å². The van der Waals surface area contributed by atoms with Gasteiger partial charge < -0.3 is 12.4 Å². The molecule has 0 fully saturated rings. The largest absolute Gasteiger partial charge is 1.00 e. The van der Waals surface area contributed by atoms with E-state index in [1.54, 1.807) is 0 Å². The summed E-state index contributed by atoms with van der Waals surface area (Å²) in [6, 6.07) is 4.34. The van der Waals surface area contributed by atoms with E-state index in [1.165, 1.54) is 37.1 Å². The lowest BCUT2D eigenvalue weighted by Gasteiger charge is -2.03. The van der Waals surface area contributed by atoms with Crippen molar-refractivity contribution in [2.45, 2.75) is 59.4 Å². The number of nitrogens with zero attached hydrogens (tertiary/aromatic N) is 3. The van der Waals surface area contributed by atoms with Crippen LogP contribution in [-0.2, 0) is 13.0 Å². The molecule has 2 rings (SSSR count). The summed E-state index contributed by atoms with van der Waals surface area (Å²) in [5.41, 5.74) is 1.38. The van der Waals surface area contributed by atoms with Crippen molar-refractivity contribution in [1.82, 2.24) is 9.55 Å². The smallest absolute Gasteiger partial charge is 0.267 e. The number of aryl methyl sites for hydroxylation is 2. The van der Waals surface area contributed by atoms with Gasteiger partial charge in [0.15, 0.2) is 0 Å². The summed E-state index contributed by atoms with van der Waals surface area (Å²) in [7, 11) is 0. The lowest BCUT2D eigenvalue weighted by Crippen LogP contribution is -3.00. The van der Waals surface area contributed by atoms with Crippen LogP contribution in [0.2, 0.25) is 0 Å². The molecule has 116 valence electrons. The van der Waals surface area contributed by atoms with Crippen LogP contribution in [0.3, 0.4) is 0 Å². The van der Waals surface area contributed by atoms with Gasteiger partial charge in [0.1, 0.15) is 12.4 Å². The summed E-state index contributed by atoms with van der Waals surface area (Å²) in [5, 5.41) is 0. The van der Waals surface area contributed by atoms with Gasteiger partial charge in [-0.3, -0.25) is 4.57 Å². The van der Waals surface area contributed by atoms with Crippen LogP contribution in [0.4, 0.5) is 0 Å². The van der Waals surface area contributed by atoms with E-state index in [0.29, 0.717) is 0 Å². The van der Waals surface area contributed by atoms with Crippen LogP contribution in [0.15, 0.2) is 30.7 Å². The molecule has 0 aliphatic rings. The van der Waals surface area contributed by atoms with Crippen molar-refractivity contribution in [2.75, 3.05) is 0 Å². The molecule has 0 atom stereocenters. The van der Waals surface area contributed by atoms with Crippen molar-refractivity contribution in [1.29, 1.82) is 0 Å². The van der Waals surface area contributed by atoms with Crippen molar-refractivity contribution in [3.63, 3.8) is 0 Å². The normalized spacial score (nSPS) is 10.4. The Morgan fingerprint density at radius 2 is 1.95 bits per heavy atom. The molecule has 2 aromatic rings. The van der Waals surface area contributed by atoms with Gasteiger partial charge in [-0.2, -0.15) is 0 Å². The number of hydrogen-bond acceptors (Lipinski definition) is 1. The maximum Gasteiger partial charge on any atom is 0.267 e. The highest BCUT2D eigenvalue weighted by molar-refractivity contribution is 5.21. The van der Waals surface area contributed by atoms with Crippen LogP contribution in [0.5, 0.6) is 0 Å². The Balaban J connectivity index is 0.00000220. The predicted octanol–water partition coefficient (Wildman–Crippen LogP) is 0.615. The monoisotopic (exact) mass is 307 g/mol. The number of pyridine rings is 1. The van der Waals surface area contributed by atoms with E-state index in [1.807, 2.05) is 6.20 Å². The van der Waals surface area contributed by atoms with Crippen LogP contribution in [0.1, 0.15) is 50.9 Å². The highest BCUT2D eigenvalue weighted by Crippen LogP contribution is 2.08. The molecular formula is C17H26ClN3. The van der Waals surface area contributed by atoms with E-state index in [4.69, 9.17) is 0 Å². The molecular weight excluding hydrogens is 282 g/mol. The molecule has 21 heavy (non-hydrogen) atoms. The SMILES string of the molecule is CCCCc1ccnc(-[n+]2ccn(CCCC)c2C)c1.[Cl-]. The maximum atomic E-state index is 4.52. The molecule has 0 amide bonds. The molecule has 0 N–H and O–H groups in total. The Hall–Kier alpha value is -1.35. The summed E-state index contributed by atoms with van der Waals surface area (Å²) in [6.07, 6.45) is 12.3. The van der Waals surface area contributed by atoms with Crippen LogP contribution in [-0.4, -0.2) is 9.55 Å². The zero-order valence-electron chi connectivity index (χ0n) is 13.3. The summed E-state index contributed by atoms with van der Waals surface area (Å²) < 4.78 is 4.50. The van der Waals surface area contributed by atoms with Crippen molar-refractivity contribution in [3.05, 3.63) is 42.1 Å². The highest BCUT2D eigenvalue weighted by atomic mass is 35.5. The first kappa shape index (κ1) is 17.7. The molecule has 0 spiro atoms. The highest BCUT2D eigenvalue weighted by Gasteiger charge is 2.13. The first-order valence-electron chi connectivity index (χ1n) is 7.79. The number of aromatic nitrogens is 3. The molecule has 4 heteroatoms. The van der Waals surface area contributed by atoms with Gasteiger partial charge in [-0.15, -0.1) is 4.98 Å². The first-order valence-corrected chi connectivity index (χ1v) is 7.79. The number of rotatable bonds is 7. The zero-order valence-corrected chi connectivity index (χ0v) is 14.1. The molecule has 0 aromatic carbocycles. The fraction of sp³-hybridized carbons (Fsp3) is 0.529. The van der Waals surface area contributed by atoms with E-state index in [9.17, 15) is 0 Å². The number of halogens is 1. The fourth-order valence-electron chi connectivity index (χ4n) is 2.44. The Labute approximate surface area is 134 Å². The summed E-state index contributed by atoms with van der Waals surface area (Å²) >= 11 is 0. The van der Waals surface area contributed by atoms with Crippen LogP contribution >= 0.6 is 0 Å². The van der Waals surface area contributed by atoms with Gasteiger partial charge in [0.2, 0.25) is 5.82 Å². The van der Waals surface area contributed by atoms with E-state index in [-0.39, 0.29) is 12.4 Å². The van der Waals surface area contributed by atoms with Gasteiger partial charge in [-0.1, -0.05) is 26.7 Å². The predicted molar refractivity (Wildman–Crippen MR) is 82.0 cm³/mol. The van der Waals surface area contributed by atoms with Gasteiger partial charge in [-0.05, 0) is 30.9 Å². The topological polar surface area (TPSA) is 21.7 Å². The maximum absolute atomic E-state index is 4.52. The van der Waals surface area contributed by atoms with Crippen molar-refractivity contribution in [2.24, 2.45) is 0 Å². The van der Waals surface area contributed by atoms with E-state index < -0.39 is 0 Å². The molecule has 0 aliphatic carbocycles. The Morgan fingerprint density at radius 1 is 1.19 bits per heavy atom. The second-order valence-electron chi connectivity index (χ2n) is 5.39. The van der Waals surface area contributed by atoms with E-state index in [2.05, 4.69) is 59.4 Å². The quantitative estimate of drug-likeness (QED) is 0.687. The minimum Gasteiger partial charge on any atom is -1.00 e. The van der Waals surface area contributed by atoms with Crippen LogP contribution in [0.25, 0.3) is 5.82 Å². The minimum absolute atomic E-state index is 0. The summed E-state index contributed by atoms with van der Waals surface area (Å²) in [5.74, 6) is 2.28. The second-order valence-corrected chi connectivity index (χ2v) is 5.39. The fourth-order valence-corrected chi connectivity index (χ4v) is 2.44. The molecule has 3 nitrogen and oxygen atoms in total. The zero-order chi connectivity index (χ0) is 14.4. The molecule has 2 heterocycles. The summed E-state index contributed by atoms with van der Waals surface area (Å²) in [6.45, 7) is 7.71. The Kier molecular flexibility index (Phi) is 7.44. The molecule has 0 aliphatic heterocycles. The third kappa shape index (κ3) is 4.57. The van der Waals surface area contributed by atoms with E-state index in [0.717, 1.165) is 18.8 Å². The molecule has 0 radical (unpaired) electrons. The average Bonchev–Trinajstić information content (AvgIpc) is 2.84. The summed E-state index contributed by atoms with van der Waals surface area (Å²) in [4.78, 5) is 4.52. The lowest BCUT2D eigenvalue weighted by atomic mass is 10.1. The Morgan fingerprint density at radius 3 is 2.67 bits per heavy atom. The molecule has 0 bridgehead atoms. The van der Waals surface area contributed by atoms with Crippen molar-refractivity contribution in [3.8, 4) is 5.82 Å². The first-order chi connectivity index (χ1) is 9.76. The van der Waals surface area contributed by atoms with Crippen LogP contribution in [0, 0.1) is 6.92 Å². The third-order valence-electron chi connectivity index (χ3n) is 3.79. The number of hydrogen-bond donors (Lipinski definition) is 0. The Bertz CT molecular complexity index is 549. The molecule has 0 unspecified atom stereocenters. The van der Waals surface area contributed by atoms with Gasteiger partial charge >= 0.3 is 0 Å². The molecule has 0 saturated carbocycles. The van der Waals surface area contributed by atoms with Gasteiger partial charge in [-0.25, -0.2) is 4.57 Å². The molecule has 2 aromatic heterocycles. The van der Waals surface area contributed by atoms with Crippen molar-refractivity contribution < 1.29 is 17.0 Å². The standard InChI is InChI=1S/C17H26N3.ClH/c1-4-6-8-16-9-10-18-17(14-16)20-13-12-19(15(20)3)11-7-5-2;/h9-10,12-14H,4-8,11H2,1-3H3;1H/q+1;/p-1. The lowest BCUT2D eigenvalue weighted by molar-refractivity contribution is -0.606. The van der Waals surface area contributed by atoms with Gasteiger partial charge in [0, 0.05) is 13.0 Å². The number of imidazole rings is 1. The average molecular weight is 308 g/mol.